The first kappa shape index (κ1) is 14.0. The van der Waals surface area contributed by atoms with Crippen LogP contribution in [-0.4, -0.2) is 20.6 Å². The van der Waals surface area contributed by atoms with Crippen molar-refractivity contribution in [3.63, 3.8) is 0 Å². The lowest BCUT2D eigenvalue weighted by Crippen LogP contribution is -2.30. The van der Waals surface area contributed by atoms with Gasteiger partial charge in [0, 0.05) is 6.42 Å². The maximum atomic E-state index is 12.7. The molecule has 0 radical (unpaired) electrons. The number of hydrogen-bond donors (Lipinski definition) is 2. The summed E-state index contributed by atoms with van der Waals surface area (Å²) in [4.78, 5) is 28.3. The average Bonchev–Trinajstić information content (AvgIpc) is 3.15. The number of aryl methyl sites for hydroxylation is 2. The molecule has 0 amide bonds. The van der Waals surface area contributed by atoms with Crippen LogP contribution in [0, 0.1) is 0 Å². The summed E-state index contributed by atoms with van der Waals surface area (Å²) in [5.41, 5.74) is 2.59. The number of hydrogen-bond acceptors (Lipinski definition) is 4. The SMILES string of the molecule is O=C(O)[C@@H]1CCc2ncc(N[C@H]3CCc4ccccc43)c(=O)n21. The summed E-state index contributed by atoms with van der Waals surface area (Å²) >= 11 is 0. The first-order valence-electron chi connectivity index (χ1n) is 7.82. The highest BCUT2D eigenvalue weighted by Crippen LogP contribution is 2.33. The minimum absolute atomic E-state index is 0.0732. The van der Waals surface area contributed by atoms with Crippen LogP contribution in [0.25, 0.3) is 0 Å². The lowest BCUT2D eigenvalue weighted by Gasteiger charge is -2.17. The highest BCUT2D eigenvalue weighted by Gasteiger charge is 2.31. The van der Waals surface area contributed by atoms with Crippen molar-refractivity contribution in [2.24, 2.45) is 0 Å². The van der Waals surface area contributed by atoms with Crippen LogP contribution >= 0.6 is 0 Å². The van der Waals surface area contributed by atoms with Crippen molar-refractivity contribution in [1.82, 2.24) is 9.55 Å². The first-order valence-corrected chi connectivity index (χ1v) is 7.82. The second kappa shape index (κ2) is 5.22. The monoisotopic (exact) mass is 311 g/mol. The van der Waals surface area contributed by atoms with Gasteiger partial charge in [-0.1, -0.05) is 24.3 Å². The van der Waals surface area contributed by atoms with Crippen molar-refractivity contribution in [2.75, 3.05) is 5.32 Å². The molecule has 6 heteroatoms. The molecule has 0 fully saturated rings. The van der Waals surface area contributed by atoms with E-state index in [1.54, 1.807) is 6.20 Å². The van der Waals surface area contributed by atoms with Gasteiger partial charge in [-0.2, -0.15) is 0 Å². The standard InChI is InChI=1S/C17H17N3O3/c21-16-13(9-18-15-8-7-14(17(22)23)20(15)16)19-12-6-5-10-3-1-2-4-11(10)12/h1-4,9,12,14,19H,5-8H2,(H,22,23)/t12-,14-/m0/s1. The number of carboxylic acid groups (broad SMARTS) is 1. The number of aliphatic carboxylic acids is 1. The highest BCUT2D eigenvalue weighted by atomic mass is 16.4. The van der Waals surface area contributed by atoms with Gasteiger partial charge in [0.05, 0.1) is 12.2 Å². The van der Waals surface area contributed by atoms with E-state index in [0.717, 1.165) is 12.8 Å². The number of carboxylic acids is 1. The van der Waals surface area contributed by atoms with Crippen LogP contribution < -0.4 is 10.9 Å². The van der Waals surface area contributed by atoms with Gasteiger partial charge in [-0.25, -0.2) is 9.78 Å². The zero-order chi connectivity index (χ0) is 16.0. The van der Waals surface area contributed by atoms with E-state index in [1.807, 2.05) is 12.1 Å². The van der Waals surface area contributed by atoms with Crippen molar-refractivity contribution in [1.29, 1.82) is 0 Å². The Labute approximate surface area is 132 Å². The van der Waals surface area contributed by atoms with E-state index in [0.29, 0.717) is 24.4 Å². The van der Waals surface area contributed by atoms with E-state index in [2.05, 4.69) is 22.4 Å². The highest BCUT2D eigenvalue weighted by molar-refractivity contribution is 5.72. The lowest BCUT2D eigenvalue weighted by molar-refractivity contribution is -0.140. The van der Waals surface area contributed by atoms with Gasteiger partial charge in [0.25, 0.3) is 5.56 Å². The Morgan fingerprint density at radius 3 is 2.91 bits per heavy atom. The number of anilines is 1. The van der Waals surface area contributed by atoms with Crippen LogP contribution in [0.1, 0.15) is 41.9 Å². The van der Waals surface area contributed by atoms with Gasteiger partial charge in [-0.3, -0.25) is 9.36 Å². The summed E-state index contributed by atoms with van der Waals surface area (Å²) in [5, 5.41) is 12.5. The molecule has 6 nitrogen and oxygen atoms in total. The number of fused-ring (bicyclic) bond motifs is 2. The van der Waals surface area contributed by atoms with E-state index in [9.17, 15) is 14.7 Å². The third-order valence-corrected chi connectivity index (χ3v) is 4.77. The Hall–Kier alpha value is -2.63. The van der Waals surface area contributed by atoms with Crippen LogP contribution in [0.4, 0.5) is 5.69 Å². The maximum Gasteiger partial charge on any atom is 0.326 e. The second-order valence-corrected chi connectivity index (χ2v) is 6.09. The summed E-state index contributed by atoms with van der Waals surface area (Å²) < 4.78 is 1.32. The molecule has 0 spiro atoms. The number of rotatable bonds is 3. The predicted molar refractivity (Wildman–Crippen MR) is 84.6 cm³/mol. The summed E-state index contributed by atoms with van der Waals surface area (Å²) in [6.07, 6.45) is 4.39. The molecule has 1 aromatic carbocycles. The van der Waals surface area contributed by atoms with Gasteiger partial charge < -0.3 is 10.4 Å². The Bertz CT molecular complexity index is 843. The molecule has 0 bridgehead atoms. The number of nitrogens with one attached hydrogen (secondary N) is 1. The molecule has 2 aromatic rings. The molecule has 23 heavy (non-hydrogen) atoms. The quantitative estimate of drug-likeness (QED) is 0.904. The van der Waals surface area contributed by atoms with Gasteiger partial charge in [0.2, 0.25) is 0 Å². The Morgan fingerprint density at radius 2 is 2.09 bits per heavy atom. The van der Waals surface area contributed by atoms with E-state index in [1.165, 1.54) is 15.7 Å². The largest absolute Gasteiger partial charge is 0.480 e. The number of aromatic nitrogens is 2. The van der Waals surface area contributed by atoms with Crippen molar-refractivity contribution in [3.8, 4) is 0 Å². The zero-order valence-corrected chi connectivity index (χ0v) is 12.5. The molecule has 4 rings (SSSR count). The number of nitrogens with zero attached hydrogens (tertiary/aromatic N) is 2. The summed E-state index contributed by atoms with van der Waals surface area (Å²) in [7, 11) is 0. The van der Waals surface area contributed by atoms with E-state index in [4.69, 9.17) is 0 Å². The fourth-order valence-electron chi connectivity index (χ4n) is 3.63. The van der Waals surface area contributed by atoms with Gasteiger partial charge in [0.1, 0.15) is 17.6 Å². The molecule has 0 saturated heterocycles. The van der Waals surface area contributed by atoms with Crippen LogP contribution in [0.5, 0.6) is 0 Å². The minimum Gasteiger partial charge on any atom is -0.480 e. The van der Waals surface area contributed by atoms with Crippen LogP contribution in [0.15, 0.2) is 35.3 Å². The number of benzene rings is 1. The molecule has 2 N–H and O–H groups in total. The predicted octanol–water partition coefficient (Wildman–Crippen LogP) is 1.91. The Balaban J connectivity index is 1.68. The molecule has 2 aliphatic rings. The van der Waals surface area contributed by atoms with Crippen molar-refractivity contribution >= 4 is 11.7 Å². The summed E-state index contributed by atoms with van der Waals surface area (Å²) in [6, 6.07) is 7.45. The third-order valence-electron chi connectivity index (χ3n) is 4.77. The van der Waals surface area contributed by atoms with Gasteiger partial charge in [0.15, 0.2) is 0 Å². The van der Waals surface area contributed by atoms with Gasteiger partial charge in [-0.15, -0.1) is 0 Å². The smallest absolute Gasteiger partial charge is 0.326 e. The van der Waals surface area contributed by atoms with Gasteiger partial charge in [-0.05, 0) is 30.4 Å². The fourth-order valence-corrected chi connectivity index (χ4v) is 3.63. The Morgan fingerprint density at radius 1 is 1.26 bits per heavy atom. The third kappa shape index (κ3) is 2.21. The molecule has 0 saturated carbocycles. The van der Waals surface area contributed by atoms with Crippen molar-refractivity contribution < 1.29 is 9.90 Å². The fraction of sp³-hybridized carbons (Fsp3) is 0.353. The number of carbonyl (C=O) groups is 1. The molecule has 1 aliphatic heterocycles. The van der Waals surface area contributed by atoms with Crippen LogP contribution in [0.3, 0.4) is 0 Å². The van der Waals surface area contributed by atoms with Crippen molar-refractivity contribution in [2.45, 2.75) is 37.8 Å². The topological polar surface area (TPSA) is 84.2 Å². The molecule has 2 heterocycles. The van der Waals surface area contributed by atoms with Crippen molar-refractivity contribution in [3.05, 3.63) is 57.8 Å². The van der Waals surface area contributed by atoms with Crippen LogP contribution in [0.2, 0.25) is 0 Å². The zero-order valence-electron chi connectivity index (χ0n) is 12.5. The van der Waals surface area contributed by atoms with Crippen LogP contribution in [-0.2, 0) is 17.6 Å². The molecule has 1 aromatic heterocycles. The normalized spacial score (nSPS) is 21.7. The molecule has 1 aliphatic carbocycles. The Kier molecular flexibility index (Phi) is 3.18. The molecular weight excluding hydrogens is 294 g/mol. The maximum absolute atomic E-state index is 12.7. The summed E-state index contributed by atoms with van der Waals surface area (Å²) in [6.45, 7) is 0. The van der Waals surface area contributed by atoms with Gasteiger partial charge >= 0.3 is 5.97 Å². The first-order chi connectivity index (χ1) is 11.1. The van der Waals surface area contributed by atoms with E-state index < -0.39 is 12.0 Å². The molecule has 0 unspecified atom stereocenters. The lowest BCUT2D eigenvalue weighted by atomic mass is 10.1. The second-order valence-electron chi connectivity index (χ2n) is 6.09. The molecule has 118 valence electrons. The van der Waals surface area contributed by atoms with E-state index >= 15 is 0 Å². The van der Waals surface area contributed by atoms with E-state index in [-0.39, 0.29) is 11.6 Å². The molecule has 2 atom stereocenters. The average molecular weight is 311 g/mol. The summed E-state index contributed by atoms with van der Waals surface area (Å²) in [5.74, 6) is -0.421. The minimum atomic E-state index is -0.976. The molecular formula is C17H17N3O3.